The first-order valence-corrected chi connectivity index (χ1v) is 8.70. The number of piperidine rings is 1. The first kappa shape index (κ1) is 16.5. The molecule has 1 N–H and O–H groups in total. The van der Waals surface area contributed by atoms with Gasteiger partial charge in [-0.15, -0.1) is 0 Å². The Morgan fingerprint density at radius 3 is 2.35 bits per heavy atom. The molecule has 2 aliphatic heterocycles. The fourth-order valence-corrected chi connectivity index (χ4v) is 3.84. The Bertz CT molecular complexity index is 507. The van der Waals surface area contributed by atoms with Gasteiger partial charge in [0.2, 0.25) is 0 Å². The molecule has 0 amide bonds. The summed E-state index contributed by atoms with van der Waals surface area (Å²) in [4.78, 5) is 15.9. The van der Waals surface area contributed by atoms with E-state index in [0.717, 1.165) is 44.1 Å². The Kier molecular flexibility index (Phi) is 5.02. The van der Waals surface area contributed by atoms with Gasteiger partial charge in [0, 0.05) is 51.5 Å². The summed E-state index contributed by atoms with van der Waals surface area (Å²) in [6.07, 6.45) is 8.15. The van der Waals surface area contributed by atoms with E-state index in [1.165, 1.54) is 25.9 Å². The molecule has 3 rings (SSSR count). The maximum Gasteiger partial charge on any atom is 0.171 e. The van der Waals surface area contributed by atoms with Gasteiger partial charge in [-0.2, -0.15) is 0 Å². The van der Waals surface area contributed by atoms with Crippen molar-refractivity contribution in [2.75, 3.05) is 63.2 Å². The SMILES string of the molecule is CN(C)c1nccnc1N1CCC(CO)(CN2CCCC2)CC1. The topological polar surface area (TPSA) is 55.7 Å². The third-order valence-corrected chi connectivity index (χ3v) is 5.30. The minimum Gasteiger partial charge on any atom is -0.396 e. The van der Waals surface area contributed by atoms with Crippen LogP contribution in [-0.2, 0) is 0 Å². The van der Waals surface area contributed by atoms with Gasteiger partial charge in [-0.05, 0) is 38.8 Å². The molecule has 0 aromatic carbocycles. The van der Waals surface area contributed by atoms with E-state index in [1.54, 1.807) is 12.4 Å². The normalized spacial score (nSPS) is 21.6. The molecule has 2 fully saturated rings. The van der Waals surface area contributed by atoms with E-state index in [9.17, 15) is 5.11 Å². The first-order valence-electron chi connectivity index (χ1n) is 8.70. The Morgan fingerprint density at radius 2 is 1.74 bits per heavy atom. The zero-order valence-electron chi connectivity index (χ0n) is 14.4. The third-order valence-electron chi connectivity index (χ3n) is 5.30. The Morgan fingerprint density at radius 1 is 1.09 bits per heavy atom. The molecule has 23 heavy (non-hydrogen) atoms. The molecule has 2 aliphatic rings. The number of aliphatic hydroxyl groups excluding tert-OH is 1. The average molecular weight is 319 g/mol. The number of hydrogen-bond acceptors (Lipinski definition) is 6. The van der Waals surface area contributed by atoms with Crippen LogP contribution in [-0.4, -0.2) is 73.4 Å². The van der Waals surface area contributed by atoms with E-state index in [0.29, 0.717) is 6.61 Å². The van der Waals surface area contributed by atoms with Gasteiger partial charge in [0.25, 0.3) is 0 Å². The van der Waals surface area contributed by atoms with Gasteiger partial charge in [0.1, 0.15) is 0 Å². The standard InChI is InChI=1S/C17H29N5O/c1-20(2)15-16(19-8-7-18-15)22-11-5-17(14-23,6-12-22)13-21-9-3-4-10-21/h7-8,23H,3-6,9-14H2,1-2H3. The summed E-state index contributed by atoms with van der Waals surface area (Å²) >= 11 is 0. The van der Waals surface area contributed by atoms with Gasteiger partial charge < -0.3 is 19.8 Å². The lowest BCUT2D eigenvalue weighted by molar-refractivity contribution is 0.0594. The molecule has 0 spiro atoms. The van der Waals surface area contributed by atoms with Crippen LogP contribution in [0.15, 0.2) is 12.4 Å². The molecule has 6 heteroatoms. The molecule has 0 bridgehead atoms. The predicted octanol–water partition coefficient (Wildman–Crippen LogP) is 1.22. The summed E-state index contributed by atoms with van der Waals surface area (Å²) < 4.78 is 0. The van der Waals surface area contributed by atoms with Gasteiger partial charge in [-0.3, -0.25) is 0 Å². The van der Waals surface area contributed by atoms with Crippen molar-refractivity contribution in [2.45, 2.75) is 25.7 Å². The molecule has 0 atom stereocenters. The molecule has 0 aliphatic carbocycles. The molecule has 3 heterocycles. The zero-order valence-corrected chi connectivity index (χ0v) is 14.4. The van der Waals surface area contributed by atoms with Crippen molar-refractivity contribution < 1.29 is 5.11 Å². The largest absolute Gasteiger partial charge is 0.396 e. The summed E-state index contributed by atoms with van der Waals surface area (Å²) in [6.45, 7) is 5.60. The lowest BCUT2D eigenvalue weighted by Crippen LogP contribution is -2.48. The highest BCUT2D eigenvalue weighted by Crippen LogP contribution is 2.36. The van der Waals surface area contributed by atoms with Crippen molar-refractivity contribution in [3.8, 4) is 0 Å². The second kappa shape index (κ2) is 7.01. The number of aromatic nitrogens is 2. The van der Waals surface area contributed by atoms with Crippen LogP contribution in [0.4, 0.5) is 11.6 Å². The van der Waals surface area contributed by atoms with Crippen LogP contribution in [0.5, 0.6) is 0 Å². The monoisotopic (exact) mass is 319 g/mol. The summed E-state index contributed by atoms with van der Waals surface area (Å²) in [7, 11) is 4.01. The molecule has 0 radical (unpaired) electrons. The van der Waals surface area contributed by atoms with Crippen molar-refractivity contribution in [2.24, 2.45) is 5.41 Å². The van der Waals surface area contributed by atoms with E-state index in [1.807, 2.05) is 19.0 Å². The fourth-order valence-electron chi connectivity index (χ4n) is 3.84. The number of hydrogen-bond donors (Lipinski definition) is 1. The molecule has 1 aromatic rings. The number of nitrogens with zero attached hydrogens (tertiary/aromatic N) is 5. The fraction of sp³-hybridized carbons (Fsp3) is 0.765. The molecule has 6 nitrogen and oxygen atoms in total. The Balaban J connectivity index is 1.67. The minimum absolute atomic E-state index is 0.0569. The lowest BCUT2D eigenvalue weighted by atomic mass is 9.78. The van der Waals surface area contributed by atoms with Crippen LogP contribution < -0.4 is 9.80 Å². The molecular weight excluding hydrogens is 290 g/mol. The average Bonchev–Trinajstić information content (AvgIpc) is 3.08. The number of rotatable bonds is 5. The smallest absolute Gasteiger partial charge is 0.171 e. The summed E-state index contributed by atoms with van der Waals surface area (Å²) in [5, 5.41) is 10.0. The highest BCUT2D eigenvalue weighted by Gasteiger charge is 2.37. The van der Waals surface area contributed by atoms with Crippen LogP contribution in [0.25, 0.3) is 0 Å². The maximum absolute atomic E-state index is 10.0. The van der Waals surface area contributed by atoms with E-state index < -0.39 is 0 Å². The van der Waals surface area contributed by atoms with Gasteiger partial charge in [-0.1, -0.05) is 0 Å². The molecule has 128 valence electrons. The van der Waals surface area contributed by atoms with E-state index >= 15 is 0 Å². The van der Waals surface area contributed by atoms with Crippen molar-refractivity contribution in [1.29, 1.82) is 0 Å². The van der Waals surface area contributed by atoms with Crippen LogP contribution >= 0.6 is 0 Å². The van der Waals surface area contributed by atoms with Gasteiger partial charge in [0.05, 0.1) is 6.61 Å². The summed E-state index contributed by atoms with van der Waals surface area (Å²) in [6, 6.07) is 0. The van der Waals surface area contributed by atoms with E-state index in [-0.39, 0.29) is 5.41 Å². The van der Waals surface area contributed by atoms with Crippen LogP contribution in [0.3, 0.4) is 0 Å². The Labute approximate surface area is 139 Å². The third kappa shape index (κ3) is 3.58. The first-order chi connectivity index (χ1) is 11.1. The predicted molar refractivity (Wildman–Crippen MR) is 93.0 cm³/mol. The van der Waals surface area contributed by atoms with E-state index in [2.05, 4.69) is 19.8 Å². The van der Waals surface area contributed by atoms with Gasteiger partial charge in [0.15, 0.2) is 11.6 Å². The summed E-state index contributed by atoms with van der Waals surface area (Å²) in [5.41, 5.74) is 0.0569. The Hall–Kier alpha value is -1.40. The number of anilines is 2. The maximum atomic E-state index is 10.0. The van der Waals surface area contributed by atoms with Gasteiger partial charge >= 0.3 is 0 Å². The number of likely N-dealkylation sites (tertiary alicyclic amines) is 1. The molecule has 1 aromatic heterocycles. The highest BCUT2D eigenvalue weighted by molar-refractivity contribution is 5.61. The quantitative estimate of drug-likeness (QED) is 0.881. The van der Waals surface area contributed by atoms with Crippen LogP contribution in [0.2, 0.25) is 0 Å². The number of aliphatic hydroxyl groups is 1. The van der Waals surface area contributed by atoms with E-state index in [4.69, 9.17) is 0 Å². The van der Waals surface area contributed by atoms with Gasteiger partial charge in [-0.25, -0.2) is 9.97 Å². The van der Waals surface area contributed by atoms with Crippen LogP contribution in [0.1, 0.15) is 25.7 Å². The lowest BCUT2D eigenvalue weighted by Gasteiger charge is -2.43. The van der Waals surface area contributed by atoms with Crippen LogP contribution in [0, 0.1) is 5.41 Å². The second-order valence-electron chi connectivity index (χ2n) is 7.23. The molecule has 0 saturated carbocycles. The zero-order chi connectivity index (χ0) is 16.3. The van der Waals surface area contributed by atoms with Crippen molar-refractivity contribution in [3.63, 3.8) is 0 Å². The second-order valence-corrected chi connectivity index (χ2v) is 7.23. The van der Waals surface area contributed by atoms with Crippen molar-refractivity contribution in [3.05, 3.63) is 12.4 Å². The minimum atomic E-state index is 0.0569. The molecule has 2 saturated heterocycles. The molecular formula is C17H29N5O. The van der Waals surface area contributed by atoms with Crippen molar-refractivity contribution in [1.82, 2.24) is 14.9 Å². The molecule has 0 unspecified atom stereocenters. The van der Waals surface area contributed by atoms with Crippen molar-refractivity contribution >= 4 is 11.6 Å². The summed E-state index contributed by atoms with van der Waals surface area (Å²) in [5.74, 6) is 1.88. The highest BCUT2D eigenvalue weighted by atomic mass is 16.3.